The Hall–Kier alpha value is -1.45. The minimum atomic E-state index is -0.572. The van der Waals surface area contributed by atoms with Crippen molar-refractivity contribution in [1.29, 1.82) is 0 Å². The lowest BCUT2D eigenvalue weighted by Gasteiger charge is -2.20. The van der Waals surface area contributed by atoms with Crippen LogP contribution in [-0.4, -0.2) is 6.54 Å². The lowest BCUT2D eigenvalue weighted by molar-refractivity contribution is 0.558. The molecule has 0 aliphatic rings. The first-order valence-corrected chi connectivity index (χ1v) is 6.93. The van der Waals surface area contributed by atoms with E-state index in [0.717, 1.165) is 24.6 Å². The second-order valence-electron chi connectivity index (χ2n) is 4.64. The van der Waals surface area contributed by atoms with Gasteiger partial charge in [0.05, 0.1) is 6.04 Å². The molecule has 0 amide bonds. The van der Waals surface area contributed by atoms with Crippen LogP contribution in [0.4, 0.5) is 8.78 Å². The van der Waals surface area contributed by atoms with Crippen molar-refractivity contribution in [3.8, 4) is 0 Å². The van der Waals surface area contributed by atoms with Crippen molar-refractivity contribution >= 4 is 11.6 Å². The van der Waals surface area contributed by atoms with Gasteiger partial charge in [-0.1, -0.05) is 30.7 Å². The maximum absolute atomic E-state index is 13.4. The molecule has 0 saturated carbocycles. The third-order valence-corrected chi connectivity index (χ3v) is 3.27. The Balaban J connectivity index is 2.38. The minimum absolute atomic E-state index is 0.252. The predicted octanol–water partition coefficient (Wildman–Crippen LogP) is 4.71. The summed E-state index contributed by atoms with van der Waals surface area (Å²) in [5, 5.41) is 3.93. The lowest BCUT2D eigenvalue weighted by Crippen LogP contribution is -2.23. The SMILES string of the molecule is CCCNC(c1ccc(Cl)cc1)c1cc(F)cc(F)c1. The molecule has 2 aromatic carbocycles. The standard InChI is InChI=1S/C16H16ClF2N/c1-2-7-20-16(11-3-5-13(17)6-4-11)12-8-14(18)10-15(19)9-12/h3-6,8-10,16,20H,2,7H2,1H3. The van der Waals surface area contributed by atoms with Gasteiger partial charge in [0.1, 0.15) is 11.6 Å². The maximum atomic E-state index is 13.4. The summed E-state index contributed by atoms with van der Waals surface area (Å²) in [5.41, 5.74) is 1.49. The molecular formula is C16H16ClF2N. The normalized spacial score (nSPS) is 12.4. The van der Waals surface area contributed by atoms with E-state index < -0.39 is 11.6 Å². The van der Waals surface area contributed by atoms with Gasteiger partial charge >= 0.3 is 0 Å². The Morgan fingerprint density at radius 2 is 1.60 bits per heavy atom. The van der Waals surface area contributed by atoms with Gasteiger partial charge in [0.25, 0.3) is 0 Å². The van der Waals surface area contributed by atoms with Gasteiger partial charge in [-0.25, -0.2) is 8.78 Å². The van der Waals surface area contributed by atoms with Gasteiger partial charge < -0.3 is 5.32 Å². The molecule has 4 heteroatoms. The number of hydrogen-bond acceptors (Lipinski definition) is 1. The number of halogens is 3. The van der Waals surface area contributed by atoms with Gasteiger partial charge in [0, 0.05) is 11.1 Å². The van der Waals surface area contributed by atoms with E-state index in [0.29, 0.717) is 10.6 Å². The third-order valence-electron chi connectivity index (χ3n) is 3.02. The second-order valence-corrected chi connectivity index (χ2v) is 5.08. The molecule has 0 radical (unpaired) electrons. The molecular weight excluding hydrogens is 280 g/mol. The molecule has 0 heterocycles. The Labute approximate surface area is 122 Å². The Kier molecular flexibility index (Phi) is 5.10. The van der Waals surface area contributed by atoms with E-state index in [-0.39, 0.29) is 6.04 Å². The zero-order valence-electron chi connectivity index (χ0n) is 11.2. The highest BCUT2D eigenvalue weighted by Crippen LogP contribution is 2.25. The highest BCUT2D eigenvalue weighted by molar-refractivity contribution is 6.30. The van der Waals surface area contributed by atoms with Crippen LogP contribution in [0, 0.1) is 11.6 Å². The van der Waals surface area contributed by atoms with Gasteiger partial charge in [0.15, 0.2) is 0 Å². The highest BCUT2D eigenvalue weighted by atomic mass is 35.5. The van der Waals surface area contributed by atoms with E-state index in [1.165, 1.54) is 12.1 Å². The fraction of sp³-hybridized carbons (Fsp3) is 0.250. The van der Waals surface area contributed by atoms with Crippen molar-refractivity contribution in [3.05, 3.63) is 70.2 Å². The summed E-state index contributed by atoms with van der Waals surface area (Å²) < 4.78 is 26.8. The monoisotopic (exact) mass is 295 g/mol. The van der Waals surface area contributed by atoms with Crippen LogP contribution in [0.3, 0.4) is 0 Å². The molecule has 1 atom stereocenters. The molecule has 106 valence electrons. The van der Waals surface area contributed by atoms with Crippen molar-refractivity contribution in [2.45, 2.75) is 19.4 Å². The molecule has 0 aliphatic carbocycles. The molecule has 0 aromatic heterocycles. The van der Waals surface area contributed by atoms with Crippen molar-refractivity contribution in [2.75, 3.05) is 6.54 Å². The molecule has 0 bridgehead atoms. The van der Waals surface area contributed by atoms with Crippen LogP contribution in [0.15, 0.2) is 42.5 Å². The van der Waals surface area contributed by atoms with Gasteiger partial charge in [-0.2, -0.15) is 0 Å². The lowest BCUT2D eigenvalue weighted by atomic mass is 9.98. The zero-order valence-corrected chi connectivity index (χ0v) is 11.9. The maximum Gasteiger partial charge on any atom is 0.126 e. The van der Waals surface area contributed by atoms with Crippen LogP contribution >= 0.6 is 11.6 Å². The largest absolute Gasteiger partial charge is 0.306 e. The molecule has 1 unspecified atom stereocenters. The summed E-state index contributed by atoms with van der Waals surface area (Å²) >= 11 is 5.88. The van der Waals surface area contributed by atoms with Crippen LogP contribution in [0.2, 0.25) is 5.02 Å². The van der Waals surface area contributed by atoms with Crippen LogP contribution < -0.4 is 5.32 Å². The molecule has 2 rings (SSSR count). The van der Waals surface area contributed by atoms with Crippen molar-refractivity contribution in [3.63, 3.8) is 0 Å². The Morgan fingerprint density at radius 1 is 1.00 bits per heavy atom. The minimum Gasteiger partial charge on any atom is -0.306 e. The van der Waals surface area contributed by atoms with E-state index in [2.05, 4.69) is 5.32 Å². The molecule has 2 aromatic rings. The number of nitrogens with one attached hydrogen (secondary N) is 1. The van der Waals surface area contributed by atoms with Gasteiger partial charge in [0.2, 0.25) is 0 Å². The van der Waals surface area contributed by atoms with Crippen molar-refractivity contribution < 1.29 is 8.78 Å². The highest BCUT2D eigenvalue weighted by Gasteiger charge is 2.15. The molecule has 0 saturated heterocycles. The molecule has 0 fully saturated rings. The van der Waals surface area contributed by atoms with Gasteiger partial charge in [-0.3, -0.25) is 0 Å². The first-order chi connectivity index (χ1) is 9.60. The smallest absolute Gasteiger partial charge is 0.126 e. The summed E-state index contributed by atoms with van der Waals surface area (Å²) in [6.07, 6.45) is 0.932. The van der Waals surface area contributed by atoms with Crippen LogP contribution in [0.1, 0.15) is 30.5 Å². The van der Waals surface area contributed by atoms with E-state index in [9.17, 15) is 8.78 Å². The first-order valence-electron chi connectivity index (χ1n) is 6.55. The quantitative estimate of drug-likeness (QED) is 0.842. The summed E-state index contributed by atoms with van der Waals surface area (Å²) in [6, 6.07) is 10.6. The van der Waals surface area contributed by atoms with E-state index in [1.54, 1.807) is 12.1 Å². The summed E-state index contributed by atoms with van der Waals surface area (Å²) in [4.78, 5) is 0. The average molecular weight is 296 g/mol. The molecule has 0 aliphatic heterocycles. The Morgan fingerprint density at radius 3 is 2.15 bits per heavy atom. The van der Waals surface area contributed by atoms with Crippen molar-refractivity contribution in [2.24, 2.45) is 0 Å². The molecule has 1 nitrogen and oxygen atoms in total. The number of hydrogen-bond donors (Lipinski definition) is 1. The average Bonchev–Trinajstić information content (AvgIpc) is 2.40. The first kappa shape index (κ1) is 14.9. The fourth-order valence-corrected chi connectivity index (χ4v) is 2.24. The third kappa shape index (κ3) is 3.78. The summed E-state index contributed by atoms with van der Waals surface area (Å²) in [7, 11) is 0. The number of rotatable bonds is 5. The van der Waals surface area contributed by atoms with Gasteiger partial charge in [-0.05, 0) is 48.4 Å². The topological polar surface area (TPSA) is 12.0 Å². The fourth-order valence-electron chi connectivity index (χ4n) is 2.11. The Bertz CT molecular complexity index is 549. The van der Waals surface area contributed by atoms with E-state index in [1.807, 2.05) is 19.1 Å². The summed E-state index contributed by atoms with van der Waals surface area (Å²) in [5.74, 6) is -1.14. The van der Waals surface area contributed by atoms with Crippen LogP contribution in [-0.2, 0) is 0 Å². The predicted molar refractivity (Wildman–Crippen MR) is 77.9 cm³/mol. The second kappa shape index (κ2) is 6.82. The molecule has 0 spiro atoms. The van der Waals surface area contributed by atoms with Gasteiger partial charge in [-0.15, -0.1) is 0 Å². The summed E-state index contributed by atoms with van der Waals surface area (Å²) in [6.45, 7) is 2.80. The number of benzene rings is 2. The zero-order chi connectivity index (χ0) is 14.5. The molecule has 1 N–H and O–H groups in total. The van der Waals surface area contributed by atoms with Crippen LogP contribution in [0.5, 0.6) is 0 Å². The molecule has 20 heavy (non-hydrogen) atoms. The van der Waals surface area contributed by atoms with Crippen molar-refractivity contribution in [1.82, 2.24) is 5.32 Å². The van der Waals surface area contributed by atoms with E-state index >= 15 is 0 Å². The van der Waals surface area contributed by atoms with E-state index in [4.69, 9.17) is 11.6 Å². The van der Waals surface area contributed by atoms with Crippen LogP contribution in [0.25, 0.3) is 0 Å².